The van der Waals surface area contributed by atoms with Gasteiger partial charge in [-0.1, -0.05) is 13.0 Å². The van der Waals surface area contributed by atoms with E-state index in [0.717, 1.165) is 12.8 Å². The number of rotatable bonds is 7. The molecule has 0 spiro atoms. The summed E-state index contributed by atoms with van der Waals surface area (Å²) in [5, 5.41) is 4.45. The van der Waals surface area contributed by atoms with E-state index in [4.69, 9.17) is 4.74 Å². The van der Waals surface area contributed by atoms with Crippen molar-refractivity contribution in [3.63, 3.8) is 0 Å². The molecule has 4 nitrogen and oxygen atoms in total. The van der Waals surface area contributed by atoms with E-state index in [1.807, 2.05) is 7.05 Å². The topological polar surface area (TPSA) is 54.1 Å². The maximum atomic E-state index is 10.2. The predicted octanol–water partition coefficient (Wildman–Crippen LogP) is 2.03. The van der Waals surface area contributed by atoms with Gasteiger partial charge in [-0.25, -0.2) is 0 Å². The Hall–Kier alpha value is -1.81. The Morgan fingerprint density at radius 2 is 2.32 bits per heavy atom. The molecule has 1 unspecified atom stereocenters. The lowest BCUT2D eigenvalue weighted by Crippen LogP contribution is -2.32. The van der Waals surface area contributed by atoms with Crippen LogP contribution in [-0.2, 0) is 22.4 Å². The molecule has 1 aromatic carbocycles. The highest BCUT2D eigenvalue weighted by Gasteiger charge is 2.09. The second-order valence-corrected chi connectivity index (χ2v) is 4.67. The number of aromatic nitrogens is 1. The van der Waals surface area contributed by atoms with E-state index in [9.17, 15) is 4.79 Å². The predicted molar refractivity (Wildman–Crippen MR) is 76.2 cm³/mol. The summed E-state index contributed by atoms with van der Waals surface area (Å²) in [5.41, 5.74) is 3.75. The van der Waals surface area contributed by atoms with Gasteiger partial charge in [0.1, 0.15) is 6.61 Å². The van der Waals surface area contributed by atoms with Crippen LogP contribution in [0.3, 0.4) is 0 Å². The van der Waals surface area contributed by atoms with Crippen LogP contribution in [0.4, 0.5) is 0 Å². The Morgan fingerprint density at radius 3 is 3.00 bits per heavy atom. The Morgan fingerprint density at radius 1 is 1.47 bits per heavy atom. The lowest BCUT2D eigenvalue weighted by molar-refractivity contribution is -0.129. The third-order valence-electron chi connectivity index (χ3n) is 3.47. The van der Waals surface area contributed by atoms with Gasteiger partial charge in [0, 0.05) is 23.1 Å². The smallest absolute Gasteiger partial charge is 0.293 e. The molecule has 0 amide bonds. The lowest BCUT2D eigenvalue weighted by atomic mass is 10.0. The average molecular weight is 260 g/mol. The number of aromatic amines is 1. The number of carbonyl (C=O) groups is 1. The van der Waals surface area contributed by atoms with E-state index >= 15 is 0 Å². The van der Waals surface area contributed by atoms with Crippen LogP contribution < -0.4 is 5.32 Å². The van der Waals surface area contributed by atoms with Crippen molar-refractivity contribution < 1.29 is 9.53 Å². The molecule has 19 heavy (non-hydrogen) atoms. The van der Waals surface area contributed by atoms with E-state index in [-0.39, 0.29) is 6.04 Å². The van der Waals surface area contributed by atoms with Crippen molar-refractivity contribution in [3.8, 4) is 0 Å². The van der Waals surface area contributed by atoms with Gasteiger partial charge in [-0.3, -0.25) is 4.79 Å². The molecule has 1 aromatic heterocycles. The summed E-state index contributed by atoms with van der Waals surface area (Å²) in [7, 11) is 1.88. The number of likely N-dealkylation sites (N-methyl/N-ethyl adjacent to an activating group) is 1. The van der Waals surface area contributed by atoms with Crippen molar-refractivity contribution in [2.45, 2.75) is 25.8 Å². The summed E-state index contributed by atoms with van der Waals surface area (Å²) in [6.07, 6.45) is 3.93. The fraction of sp³-hybridized carbons (Fsp3) is 0.400. The maximum Gasteiger partial charge on any atom is 0.293 e. The second kappa shape index (κ2) is 6.38. The lowest BCUT2D eigenvalue weighted by Gasteiger charge is -2.15. The van der Waals surface area contributed by atoms with E-state index in [1.54, 1.807) is 0 Å². The van der Waals surface area contributed by atoms with E-state index in [1.165, 1.54) is 22.0 Å². The summed E-state index contributed by atoms with van der Waals surface area (Å²) in [6, 6.07) is 6.59. The van der Waals surface area contributed by atoms with Gasteiger partial charge in [-0.15, -0.1) is 0 Å². The Balaban J connectivity index is 2.17. The van der Waals surface area contributed by atoms with Crippen LogP contribution >= 0.6 is 0 Å². The van der Waals surface area contributed by atoms with E-state index < -0.39 is 0 Å². The fourth-order valence-corrected chi connectivity index (χ4v) is 2.33. The van der Waals surface area contributed by atoms with Crippen LogP contribution in [0.15, 0.2) is 24.4 Å². The number of H-pyrrole nitrogens is 1. The van der Waals surface area contributed by atoms with Gasteiger partial charge in [0.15, 0.2) is 0 Å². The fourth-order valence-electron chi connectivity index (χ4n) is 2.33. The molecule has 0 saturated carbocycles. The number of nitrogens with one attached hydrogen (secondary N) is 2. The molecule has 4 heteroatoms. The highest BCUT2D eigenvalue weighted by atomic mass is 16.5. The normalized spacial score (nSPS) is 12.5. The van der Waals surface area contributed by atoms with E-state index in [0.29, 0.717) is 13.1 Å². The first-order chi connectivity index (χ1) is 9.28. The Kier molecular flexibility index (Phi) is 4.58. The number of ether oxygens (including phenoxy) is 1. The van der Waals surface area contributed by atoms with Crippen LogP contribution in [0.1, 0.15) is 18.1 Å². The number of aryl methyl sites for hydroxylation is 1. The Labute approximate surface area is 113 Å². The van der Waals surface area contributed by atoms with Crippen LogP contribution in [0.2, 0.25) is 0 Å². The summed E-state index contributed by atoms with van der Waals surface area (Å²) in [5.74, 6) is 0. The molecule has 0 saturated heterocycles. The Bertz CT molecular complexity index is 548. The van der Waals surface area contributed by atoms with Crippen LogP contribution in [0, 0.1) is 0 Å². The van der Waals surface area contributed by atoms with Crippen molar-refractivity contribution in [1.29, 1.82) is 0 Å². The first kappa shape index (κ1) is 13.6. The van der Waals surface area contributed by atoms with Crippen molar-refractivity contribution in [2.24, 2.45) is 0 Å². The molecule has 1 atom stereocenters. The molecule has 1 heterocycles. The SMILES string of the molecule is CCc1c[nH]c2ccc(CC(COC=O)NC)cc12. The largest absolute Gasteiger partial charge is 0.466 e. The zero-order chi connectivity index (χ0) is 13.7. The van der Waals surface area contributed by atoms with Crippen molar-refractivity contribution in [3.05, 3.63) is 35.5 Å². The highest BCUT2D eigenvalue weighted by molar-refractivity contribution is 5.83. The molecule has 0 radical (unpaired) electrons. The average Bonchev–Trinajstić information content (AvgIpc) is 2.85. The van der Waals surface area contributed by atoms with Crippen molar-refractivity contribution >= 4 is 17.4 Å². The zero-order valence-electron chi connectivity index (χ0n) is 11.4. The van der Waals surface area contributed by atoms with Gasteiger partial charge in [0.25, 0.3) is 6.47 Å². The highest BCUT2D eigenvalue weighted by Crippen LogP contribution is 2.21. The molecule has 102 valence electrons. The van der Waals surface area contributed by atoms with Gasteiger partial charge in [-0.05, 0) is 43.1 Å². The number of carbonyl (C=O) groups excluding carboxylic acids is 1. The maximum absolute atomic E-state index is 10.2. The minimum Gasteiger partial charge on any atom is -0.466 e. The molecule has 2 rings (SSSR count). The number of benzene rings is 1. The second-order valence-electron chi connectivity index (χ2n) is 4.67. The van der Waals surface area contributed by atoms with Gasteiger partial charge < -0.3 is 15.0 Å². The molecule has 2 aromatic rings. The summed E-state index contributed by atoms with van der Waals surface area (Å²) >= 11 is 0. The van der Waals surface area contributed by atoms with Crippen molar-refractivity contribution in [1.82, 2.24) is 10.3 Å². The number of fused-ring (bicyclic) bond motifs is 1. The summed E-state index contributed by atoms with van der Waals surface area (Å²) in [6.45, 7) is 3.05. The molecular formula is C15H20N2O2. The molecule has 0 fully saturated rings. The van der Waals surface area contributed by atoms with Gasteiger partial charge in [-0.2, -0.15) is 0 Å². The first-order valence-electron chi connectivity index (χ1n) is 6.59. The van der Waals surface area contributed by atoms with Crippen LogP contribution in [0.5, 0.6) is 0 Å². The summed E-state index contributed by atoms with van der Waals surface area (Å²) in [4.78, 5) is 13.5. The molecule has 0 bridgehead atoms. The molecule has 0 aliphatic heterocycles. The van der Waals surface area contributed by atoms with Gasteiger partial charge in [0.05, 0.1) is 0 Å². The molecule has 0 aliphatic carbocycles. The monoisotopic (exact) mass is 260 g/mol. The molecular weight excluding hydrogens is 240 g/mol. The minimum absolute atomic E-state index is 0.145. The summed E-state index contributed by atoms with van der Waals surface area (Å²) < 4.78 is 4.83. The zero-order valence-corrected chi connectivity index (χ0v) is 11.4. The number of hydrogen-bond donors (Lipinski definition) is 2. The van der Waals surface area contributed by atoms with Crippen LogP contribution in [0.25, 0.3) is 10.9 Å². The standard InChI is InChI=1S/C15H20N2O2/c1-3-12-8-17-15-5-4-11(7-14(12)15)6-13(16-2)9-19-10-18/h4-5,7-8,10,13,16-17H,3,6,9H2,1-2H3. The van der Waals surface area contributed by atoms with Gasteiger partial charge >= 0.3 is 0 Å². The molecule has 2 N–H and O–H groups in total. The minimum atomic E-state index is 0.145. The molecule has 0 aliphatic rings. The van der Waals surface area contributed by atoms with Gasteiger partial charge in [0.2, 0.25) is 0 Å². The third-order valence-corrected chi connectivity index (χ3v) is 3.47. The van der Waals surface area contributed by atoms with E-state index in [2.05, 4.69) is 41.6 Å². The third kappa shape index (κ3) is 3.15. The number of hydrogen-bond acceptors (Lipinski definition) is 3. The quantitative estimate of drug-likeness (QED) is 0.749. The first-order valence-corrected chi connectivity index (χ1v) is 6.59. The van der Waals surface area contributed by atoms with Crippen molar-refractivity contribution in [2.75, 3.05) is 13.7 Å². The van der Waals surface area contributed by atoms with Crippen LogP contribution in [-0.4, -0.2) is 31.2 Å².